The molecule has 90 valence electrons. The molecule has 0 aromatic carbocycles. The zero-order valence-electron chi connectivity index (χ0n) is 10.2. The zero-order valence-corrected chi connectivity index (χ0v) is 10.2. The Morgan fingerprint density at radius 3 is 2.67 bits per heavy atom. The monoisotopic (exact) mass is 217 g/mol. The first kappa shape index (κ1) is 12.9. The maximum absolute atomic E-state index is 5.52. The van der Waals surface area contributed by atoms with Crippen molar-refractivity contribution in [2.24, 2.45) is 5.92 Å². The summed E-state index contributed by atoms with van der Waals surface area (Å²) in [6, 6.07) is 0.269. The SMILES string of the molecule is CCOC1CC(NOCC(C)C)C1OC. The van der Waals surface area contributed by atoms with Crippen molar-refractivity contribution in [1.82, 2.24) is 5.48 Å². The van der Waals surface area contributed by atoms with Gasteiger partial charge in [-0.25, -0.2) is 0 Å². The van der Waals surface area contributed by atoms with Crippen LogP contribution in [0.5, 0.6) is 0 Å². The van der Waals surface area contributed by atoms with Crippen molar-refractivity contribution in [3.05, 3.63) is 0 Å². The Balaban J connectivity index is 2.16. The van der Waals surface area contributed by atoms with E-state index in [0.717, 1.165) is 19.6 Å². The lowest BCUT2D eigenvalue weighted by molar-refractivity contribution is -0.165. The summed E-state index contributed by atoms with van der Waals surface area (Å²) in [6.45, 7) is 7.72. The zero-order chi connectivity index (χ0) is 11.3. The third-order valence-corrected chi connectivity index (χ3v) is 2.55. The van der Waals surface area contributed by atoms with E-state index in [4.69, 9.17) is 14.3 Å². The van der Waals surface area contributed by atoms with Gasteiger partial charge in [-0.15, -0.1) is 0 Å². The van der Waals surface area contributed by atoms with E-state index in [9.17, 15) is 0 Å². The molecule has 1 saturated carbocycles. The molecule has 1 aliphatic carbocycles. The average molecular weight is 217 g/mol. The highest BCUT2D eigenvalue weighted by Gasteiger charge is 2.42. The fourth-order valence-corrected chi connectivity index (χ4v) is 1.71. The molecule has 0 amide bonds. The maximum atomic E-state index is 5.52. The second kappa shape index (κ2) is 6.43. The molecular formula is C11H23NO3. The van der Waals surface area contributed by atoms with Gasteiger partial charge in [-0.2, -0.15) is 5.48 Å². The number of hydrogen-bond acceptors (Lipinski definition) is 4. The van der Waals surface area contributed by atoms with Gasteiger partial charge in [0, 0.05) is 13.7 Å². The van der Waals surface area contributed by atoms with Gasteiger partial charge in [0.1, 0.15) is 6.10 Å². The van der Waals surface area contributed by atoms with Crippen molar-refractivity contribution in [3.63, 3.8) is 0 Å². The Morgan fingerprint density at radius 1 is 1.40 bits per heavy atom. The molecule has 0 aliphatic heterocycles. The second-order valence-electron chi connectivity index (χ2n) is 4.36. The molecule has 0 saturated heterocycles. The predicted octanol–water partition coefficient (Wildman–Crippen LogP) is 1.36. The van der Waals surface area contributed by atoms with Crippen LogP contribution < -0.4 is 5.48 Å². The van der Waals surface area contributed by atoms with E-state index in [2.05, 4.69) is 19.3 Å². The molecule has 4 nitrogen and oxygen atoms in total. The Labute approximate surface area is 92.2 Å². The van der Waals surface area contributed by atoms with Crippen LogP contribution in [0.25, 0.3) is 0 Å². The van der Waals surface area contributed by atoms with Gasteiger partial charge >= 0.3 is 0 Å². The lowest BCUT2D eigenvalue weighted by Gasteiger charge is -2.42. The van der Waals surface area contributed by atoms with Crippen molar-refractivity contribution < 1.29 is 14.3 Å². The van der Waals surface area contributed by atoms with E-state index in [1.807, 2.05) is 6.92 Å². The molecule has 3 atom stereocenters. The molecule has 0 aromatic heterocycles. The van der Waals surface area contributed by atoms with Crippen LogP contribution in [0.4, 0.5) is 0 Å². The highest BCUT2D eigenvalue weighted by Crippen LogP contribution is 2.26. The highest BCUT2D eigenvalue weighted by molar-refractivity contribution is 4.95. The maximum Gasteiger partial charge on any atom is 0.101 e. The van der Waals surface area contributed by atoms with Crippen LogP contribution in [0.1, 0.15) is 27.2 Å². The molecule has 0 bridgehead atoms. The molecule has 0 radical (unpaired) electrons. The molecule has 3 unspecified atom stereocenters. The van der Waals surface area contributed by atoms with Crippen molar-refractivity contribution in [3.8, 4) is 0 Å². The Morgan fingerprint density at radius 2 is 2.13 bits per heavy atom. The van der Waals surface area contributed by atoms with Crippen LogP contribution in [-0.2, 0) is 14.3 Å². The Hall–Kier alpha value is -0.160. The summed E-state index contributed by atoms with van der Waals surface area (Å²) < 4.78 is 10.9. The molecule has 1 N–H and O–H groups in total. The van der Waals surface area contributed by atoms with E-state index in [1.54, 1.807) is 7.11 Å². The normalized spacial score (nSPS) is 30.6. The van der Waals surface area contributed by atoms with Gasteiger partial charge in [-0.3, -0.25) is 0 Å². The van der Waals surface area contributed by atoms with Gasteiger partial charge in [0.15, 0.2) is 0 Å². The van der Waals surface area contributed by atoms with E-state index in [-0.39, 0.29) is 18.2 Å². The molecule has 1 rings (SSSR count). The van der Waals surface area contributed by atoms with Crippen LogP contribution in [0.2, 0.25) is 0 Å². The molecule has 1 aliphatic rings. The summed E-state index contributed by atoms with van der Waals surface area (Å²) in [6.07, 6.45) is 1.31. The number of hydrogen-bond donors (Lipinski definition) is 1. The molecule has 0 aromatic rings. The fraction of sp³-hybridized carbons (Fsp3) is 1.00. The van der Waals surface area contributed by atoms with Crippen molar-refractivity contribution in [2.45, 2.75) is 45.4 Å². The lowest BCUT2D eigenvalue weighted by Crippen LogP contribution is -2.59. The topological polar surface area (TPSA) is 39.7 Å². The molecule has 15 heavy (non-hydrogen) atoms. The summed E-state index contributed by atoms with van der Waals surface area (Å²) in [7, 11) is 1.72. The van der Waals surface area contributed by atoms with Gasteiger partial charge < -0.3 is 14.3 Å². The minimum atomic E-state index is 0.122. The first-order chi connectivity index (χ1) is 7.19. The number of methoxy groups -OCH3 is 1. The average Bonchev–Trinajstić information content (AvgIpc) is 2.15. The number of hydroxylamine groups is 1. The van der Waals surface area contributed by atoms with Gasteiger partial charge in [0.2, 0.25) is 0 Å². The smallest absolute Gasteiger partial charge is 0.101 e. The van der Waals surface area contributed by atoms with Crippen molar-refractivity contribution >= 4 is 0 Å². The predicted molar refractivity (Wildman–Crippen MR) is 58.5 cm³/mol. The van der Waals surface area contributed by atoms with Crippen LogP contribution in [0.15, 0.2) is 0 Å². The van der Waals surface area contributed by atoms with E-state index in [0.29, 0.717) is 5.92 Å². The lowest BCUT2D eigenvalue weighted by atomic mass is 9.86. The summed E-state index contributed by atoms with van der Waals surface area (Å²) in [4.78, 5) is 5.37. The van der Waals surface area contributed by atoms with E-state index in [1.165, 1.54) is 0 Å². The summed E-state index contributed by atoms with van der Waals surface area (Å²) in [5.41, 5.74) is 3.03. The Bertz CT molecular complexity index is 175. The van der Waals surface area contributed by atoms with Crippen molar-refractivity contribution in [2.75, 3.05) is 20.3 Å². The summed E-state index contributed by atoms with van der Waals surface area (Å²) in [5, 5.41) is 0. The molecule has 0 heterocycles. The molecule has 0 spiro atoms. The van der Waals surface area contributed by atoms with Crippen LogP contribution >= 0.6 is 0 Å². The quantitative estimate of drug-likeness (QED) is 0.654. The first-order valence-corrected chi connectivity index (χ1v) is 5.70. The van der Waals surface area contributed by atoms with Crippen LogP contribution in [0, 0.1) is 5.92 Å². The minimum Gasteiger partial charge on any atom is -0.377 e. The van der Waals surface area contributed by atoms with Gasteiger partial charge in [0.25, 0.3) is 0 Å². The highest BCUT2D eigenvalue weighted by atomic mass is 16.6. The van der Waals surface area contributed by atoms with E-state index < -0.39 is 0 Å². The second-order valence-corrected chi connectivity index (χ2v) is 4.36. The van der Waals surface area contributed by atoms with Gasteiger partial charge in [0.05, 0.1) is 18.8 Å². The molecule has 4 heteroatoms. The summed E-state index contributed by atoms with van der Waals surface area (Å²) in [5.74, 6) is 0.543. The minimum absolute atomic E-state index is 0.122. The number of rotatable bonds is 7. The van der Waals surface area contributed by atoms with Gasteiger partial charge in [-0.05, 0) is 19.3 Å². The van der Waals surface area contributed by atoms with Crippen LogP contribution in [-0.4, -0.2) is 38.6 Å². The number of nitrogens with one attached hydrogen (secondary N) is 1. The third kappa shape index (κ3) is 3.72. The number of ether oxygens (including phenoxy) is 2. The Kier molecular flexibility index (Phi) is 5.53. The molecular weight excluding hydrogens is 194 g/mol. The van der Waals surface area contributed by atoms with E-state index >= 15 is 0 Å². The van der Waals surface area contributed by atoms with Crippen molar-refractivity contribution in [1.29, 1.82) is 0 Å². The largest absolute Gasteiger partial charge is 0.377 e. The standard InChI is InChI=1S/C11H23NO3/c1-5-14-10-6-9(11(10)13-4)12-15-7-8(2)3/h8-12H,5-7H2,1-4H3. The van der Waals surface area contributed by atoms with Crippen LogP contribution in [0.3, 0.4) is 0 Å². The van der Waals surface area contributed by atoms with Gasteiger partial charge in [-0.1, -0.05) is 13.8 Å². The fourth-order valence-electron chi connectivity index (χ4n) is 1.71. The molecule has 1 fully saturated rings. The first-order valence-electron chi connectivity index (χ1n) is 5.70. The summed E-state index contributed by atoms with van der Waals surface area (Å²) >= 11 is 0. The third-order valence-electron chi connectivity index (χ3n) is 2.55.